The summed E-state index contributed by atoms with van der Waals surface area (Å²) < 4.78 is 67.1. The molecule has 0 spiro atoms. The smallest absolute Gasteiger partial charge is 0.300 e. The van der Waals surface area contributed by atoms with Crippen LogP contribution >= 0.6 is 0 Å². The van der Waals surface area contributed by atoms with Gasteiger partial charge in [-0.2, -0.15) is 0 Å². The van der Waals surface area contributed by atoms with Gasteiger partial charge in [-0.05, 0) is 47.9 Å². The van der Waals surface area contributed by atoms with Crippen molar-refractivity contribution in [1.82, 2.24) is 4.72 Å². The molecule has 0 saturated carbocycles. The summed E-state index contributed by atoms with van der Waals surface area (Å²) in [4.78, 5) is 14.4. The number of hydrogen-bond acceptors (Lipinski definition) is 6. The average Bonchev–Trinajstić information content (AvgIpc) is 3.22. The Hall–Kier alpha value is -3.92. The van der Waals surface area contributed by atoms with Crippen LogP contribution in [0.15, 0.2) is 70.0 Å². The first-order valence-electron chi connectivity index (χ1n) is 10.7. The van der Waals surface area contributed by atoms with Gasteiger partial charge in [-0.1, -0.05) is 18.2 Å². The van der Waals surface area contributed by atoms with Gasteiger partial charge in [0.25, 0.3) is 10.0 Å². The largest absolute Gasteiger partial charge is 0.495 e. The van der Waals surface area contributed by atoms with Crippen molar-refractivity contribution in [3.05, 3.63) is 78.1 Å². The van der Waals surface area contributed by atoms with Gasteiger partial charge in [0.1, 0.15) is 27.9 Å². The van der Waals surface area contributed by atoms with E-state index in [1.54, 1.807) is 18.2 Å². The Balaban J connectivity index is 1.46. The number of carbonyl (C=O) groups is 1. The van der Waals surface area contributed by atoms with Crippen LogP contribution in [0, 0.1) is 11.6 Å². The lowest BCUT2D eigenvalue weighted by Crippen LogP contribution is -2.36. The molecule has 10 heteroatoms. The van der Waals surface area contributed by atoms with E-state index >= 15 is 0 Å². The summed E-state index contributed by atoms with van der Waals surface area (Å²) in [5, 5.41) is 0.0718. The molecule has 1 amide bonds. The summed E-state index contributed by atoms with van der Waals surface area (Å²) in [6.07, 6.45) is 1.01. The van der Waals surface area contributed by atoms with Crippen molar-refractivity contribution in [1.29, 1.82) is 0 Å². The van der Waals surface area contributed by atoms with Gasteiger partial charge in [-0.15, -0.1) is 0 Å². The number of benzene rings is 3. The Morgan fingerprint density at radius 1 is 1.03 bits per heavy atom. The maximum Gasteiger partial charge on any atom is 0.300 e. The molecular weight excluding hydrogens is 478 g/mol. The zero-order valence-corrected chi connectivity index (χ0v) is 19.4. The molecule has 0 bridgehead atoms. The van der Waals surface area contributed by atoms with Gasteiger partial charge < -0.3 is 14.1 Å². The standard InChI is InChI=1S/C25H20F2N2O5S/c1-33-21-7-6-16(15-4-2-5-17(26)10-15)11-24(21)35(31,32)28-25(30)23-14-19-20(27)12-18(13-22(19)34-23)29-8-3-9-29/h2,4-7,10-14H,3,8-9H2,1H3,(H,28,30). The summed E-state index contributed by atoms with van der Waals surface area (Å²) in [6.45, 7) is 1.60. The first kappa shape index (κ1) is 22.9. The van der Waals surface area contributed by atoms with Gasteiger partial charge in [0, 0.05) is 30.9 Å². The summed E-state index contributed by atoms with van der Waals surface area (Å²) >= 11 is 0. The van der Waals surface area contributed by atoms with Gasteiger partial charge in [0.15, 0.2) is 5.76 Å². The van der Waals surface area contributed by atoms with Crippen LogP contribution in [0.25, 0.3) is 22.1 Å². The van der Waals surface area contributed by atoms with Gasteiger partial charge in [-0.3, -0.25) is 4.79 Å². The molecule has 0 atom stereocenters. The minimum Gasteiger partial charge on any atom is -0.495 e. The van der Waals surface area contributed by atoms with E-state index in [9.17, 15) is 22.0 Å². The third-order valence-electron chi connectivity index (χ3n) is 5.85. The maximum atomic E-state index is 14.6. The molecule has 1 fully saturated rings. The normalized spacial score (nSPS) is 13.5. The summed E-state index contributed by atoms with van der Waals surface area (Å²) in [5.41, 5.74) is 1.62. The molecule has 0 unspecified atom stereocenters. The number of furan rings is 1. The lowest BCUT2D eigenvalue weighted by Gasteiger charge is -2.33. The molecule has 2 heterocycles. The lowest BCUT2D eigenvalue weighted by molar-refractivity contribution is 0.0956. The first-order valence-corrected chi connectivity index (χ1v) is 12.2. The van der Waals surface area contributed by atoms with Crippen LogP contribution in [-0.2, 0) is 10.0 Å². The molecule has 0 aliphatic carbocycles. The molecule has 1 aromatic heterocycles. The zero-order valence-electron chi connectivity index (χ0n) is 18.5. The average molecular weight is 499 g/mol. The molecule has 5 rings (SSSR count). The quantitative estimate of drug-likeness (QED) is 0.414. The van der Waals surface area contributed by atoms with Crippen LogP contribution in [0.2, 0.25) is 0 Å². The van der Waals surface area contributed by atoms with Crippen molar-refractivity contribution in [3.8, 4) is 16.9 Å². The van der Waals surface area contributed by atoms with Gasteiger partial charge in [0.05, 0.1) is 12.5 Å². The Labute approximate surface area is 200 Å². The van der Waals surface area contributed by atoms with E-state index < -0.39 is 27.6 Å². The molecule has 0 radical (unpaired) electrons. The zero-order chi connectivity index (χ0) is 24.7. The number of rotatable bonds is 6. The number of methoxy groups -OCH3 is 1. The maximum absolute atomic E-state index is 14.6. The van der Waals surface area contributed by atoms with E-state index in [4.69, 9.17) is 9.15 Å². The molecule has 1 N–H and O–H groups in total. The topological polar surface area (TPSA) is 88.8 Å². The fourth-order valence-electron chi connectivity index (χ4n) is 3.91. The number of nitrogens with zero attached hydrogens (tertiary/aromatic N) is 1. The Morgan fingerprint density at radius 2 is 1.80 bits per heavy atom. The second-order valence-corrected chi connectivity index (χ2v) is 9.75. The Kier molecular flexibility index (Phi) is 5.68. The SMILES string of the molecule is COc1ccc(-c2cccc(F)c2)cc1S(=O)(=O)NC(=O)c1cc2c(F)cc(N3CCC3)cc2o1. The van der Waals surface area contributed by atoms with Crippen molar-refractivity contribution < 1.29 is 31.1 Å². The highest BCUT2D eigenvalue weighted by Crippen LogP contribution is 2.32. The third kappa shape index (κ3) is 4.32. The van der Waals surface area contributed by atoms with E-state index in [-0.39, 0.29) is 27.4 Å². The number of amides is 1. The number of anilines is 1. The van der Waals surface area contributed by atoms with Gasteiger partial charge >= 0.3 is 5.91 Å². The Bertz CT molecular complexity index is 1560. The van der Waals surface area contributed by atoms with E-state index in [2.05, 4.69) is 0 Å². The molecule has 3 aromatic carbocycles. The number of nitrogens with one attached hydrogen (secondary N) is 1. The van der Waals surface area contributed by atoms with Crippen LogP contribution in [0.3, 0.4) is 0 Å². The number of halogens is 2. The highest BCUT2D eigenvalue weighted by molar-refractivity contribution is 7.90. The molecule has 1 saturated heterocycles. The predicted molar refractivity (Wildman–Crippen MR) is 126 cm³/mol. The lowest BCUT2D eigenvalue weighted by atomic mass is 10.1. The monoisotopic (exact) mass is 498 g/mol. The van der Waals surface area contributed by atoms with Gasteiger partial charge in [0.2, 0.25) is 0 Å². The predicted octanol–water partition coefficient (Wildman–Crippen LogP) is 4.72. The van der Waals surface area contributed by atoms with Crippen LogP contribution in [0.5, 0.6) is 5.75 Å². The second kappa shape index (κ2) is 8.70. The first-order chi connectivity index (χ1) is 16.7. The fourth-order valence-corrected chi connectivity index (χ4v) is 5.07. The number of fused-ring (bicyclic) bond motifs is 1. The highest BCUT2D eigenvalue weighted by atomic mass is 32.2. The summed E-state index contributed by atoms with van der Waals surface area (Å²) in [7, 11) is -3.15. The number of ether oxygens (including phenoxy) is 1. The molecule has 1 aliphatic heterocycles. The number of carbonyl (C=O) groups excluding carboxylic acids is 1. The van der Waals surface area contributed by atoms with E-state index in [1.165, 1.54) is 43.5 Å². The molecule has 180 valence electrons. The van der Waals surface area contributed by atoms with E-state index in [0.717, 1.165) is 25.6 Å². The third-order valence-corrected chi connectivity index (χ3v) is 7.21. The minimum atomic E-state index is -4.44. The van der Waals surface area contributed by atoms with E-state index in [1.807, 2.05) is 9.62 Å². The van der Waals surface area contributed by atoms with E-state index in [0.29, 0.717) is 16.8 Å². The summed E-state index contributed by atoms with van der Waals surface area (Å²) in [6, 6.07) is 14.1. The molecule has 1 aliphatic rings. The highest BCUT2D eigenvalue weighted by Gasteiger charge is 2.26. The molecular formula is C25H20F2N2O5S. The van der Waals surface area contributed by atoms with Crippen molar-refractivity contribution >= 4 is 32.6 Å². The molecule has 4 aromatic rings. The van der Waals surface area contributed by atoms with Gasteiger partial charge in [-0.25, -0.2) is 21.9 Å². The summed E-state index contributed by atoms with van der Waals surface area (Å²) in [5.74, 6) is -2.49. The van der Waals surface area contributed by atoms with Crippen molar-refractivity contribution in [2.24, 2.45) is 0 Å². The van der Waals surface area contributed by atoms with Crippen LogP contribution in [-0.4, -0.2) is 34.5 Å². The van der Waals surface area contributed by atoms with Crippen molar-refractivity contribution in [2.45, 2.75) is 11.3 Å². The minimum absolute atomic E-state index is 0.0136. The number of hydrogen-bond donors (Lipinski definition) is 1. The van der Waals surface area contributed by atoms with Crippen LogP contribution in [0.1, 0.15) is 17.0 Å². The van der Waals surface area contributed by atoms with Crippen molar-refractivity contribution in [2.75, 3.05) is 25.1 Å². The number of sulfonamides is 1. The van der Waals surface area contributed by atoms with Crippen LogP contribution < -0.4 is 14.4 Å². The second-order valence-electron chi connectivity index (χ2n) is 8.10. The molecule has 7 nitrogen and oxygen atoms in total. The van der Waals surface area contributed by atoms with Crippen LogP contribution in [0.4, 0.5) is 14.5 Å². The molecule has 35 heavy (non-hydrogen) atoms. The fraction of sp³-hybridized carbons (Fsp3) is 0.160. The van der Waals surface area contributed by atoms with Crippen molar-refractivity contribution in [3.63, 3.8) is 0 Å². The Morgan fingerprint density at radius 3 is 2.49 bits per heavy atom.